The summed E-state index contributed by atoms with van der Waals surface area (Å²) in [5.41, 5.74) is -0.498. The second-order valence-corrected chi connectivity index (χ2v) is 2.44. The minimum atomic E-state index is -0.498. The van der Waals surface area contributed by atoms with E-state index >= 15 is 0 Å². The van der Waals surface area contributed by atoms with Gasteiger partial charge in [-0.05, 0) is 6.42 Å². The quantitative estimate of drug-likeness (QED) is 0.579. The molecular formula is C7H12O3. The van der Waals surface area contributed by atoms with Gasteiger partial charge in [-0.3, -0.25) is 0 Å². The Bertz CT molecular complexity index is 116. The summed E-state index contributed by atoms with van der Waals surface area (Å²) in [5, 5.41) is 8.89. The summed E-state index contributed by atoms with van der Waals surface area (Å²) in [6.45, 7) is 4.32. The Labute approximate surface area is 60.3 Å². The van der Waals surface area contributed by atoms with Gasteiger partial charge < -0.3 is 14.6 Å². The summed E-state index contributed by atoms with van der Waals surface area (Å²) < 4.78 is 10.2. The maximum absolute atomic E-state index is 8.89. The number of ether oxygens (including phenoxy) is 2. The lowest BCUT2D eigenvalue weighted by molar-refractivity contribution is -0.0383. The largest absolute Gasteiger partial charge is 0.393 e. The fraction of sp³-hybridized carbons (Fsp3) is 0.714. The maximum atomic E-state index is 8.89. The number of hydrogen-bond donors (Lipinski definition) is 1. The summed E-state index contributed by atoms with van der Waals surface area (Å²) >= 11 is 0. The molecule has 1 saturated heterocycles. The second kappa shape index (κ2) is 3.14. The zero-order valence-corrected chi connectivity index (χ0v) is 5.88. The van der Waals surface area contributed by atoms with Crippen LogP contribution in [0.4, 0.5) is 0 Å². The van der Waals surface area contributed by atoms with E-state index < -0.39 is 5.60 Å². The molecule has 3 heteroatoms. The number of aliphatic hydroxyl groups excluding tert-OH is 1. The van der Waals surface area contributed by atoms with Crippen molar-refractivity contribution in [3.63, 3.8) is 0 Å². The Balaban J connectivity index is 2.48. The summed E-state index contributed by atoms with van der Waals surface area (Å²) in [5.74, 6) is 0. The minimum absolute atomic E-state index is 0.000972. The van der Waals surface area contributed by atoms with E-state index in [9.17, 15) is 0 Å². The van der Waals surface area contributed by atoms with Gasteiger partial charge in [0, 0.05) is 0 Å². The van der Waals surface area contributed by atoms with E-state index in [0.29, 0.717) is 13.0 Å². The van der Waals surface area contributed by atoms with Gasteiger partial charge in [-0.25, -0.2) is 0 Å². The molecule has 1 aliphatic heterocycles. The van der Waals surface area contributed by atoms with Crippen molar-refractivity contribution in [2.75, 3.05) is 20.0 Å². The zero-order valence-electron chi connectivity index (χ0n) is 5.88. The van der Waals surface area contributed by atoms with Crippen molar-refractivity contribution in [1.29, 1.82) is 0 Å². The van der Waals surface area contributed by atoms with Gasteiger partial charge in [-0.1, -0.05) is 6.08 Å². The molecule has 0 aliphatic carbocycles. The van der Waals surface area contributed by atoms with E-state index in [2.05, 4.69) is 6.58 Å². The van der Waals surface area contributed by atoms with Crippen LogP contribution in [0.3, 0.4) is 0 Å². The van der Waals surface area contributed by atoms with Crippen LogP contribution >= 0.6 is 0 Å². The topological polar surface area (TPSA) is 38.7 Å². The van der Waals surface area contributed by atoms with Crippen molar-refractivity contribution in [1.82, 2.24) is 0 Å². The highest BCUT2D eigenvalue weighted by molar-refractivity contribution is 4.89. The first kappa shape index (κ1) is 7.72. The van der Waals surface area contributed by atoms with Crippen LogP contribution in [0.5, 0.6) is 0 Å². The van der Waals surface area contributed by atoms with E-state index in [1.165, 1.54) is 0 Å². The van der Waals surface area contributed by atoms with Crippen LogP contribution in [-0.2, 0) is 9.47 Å². The average Bonchev–Trinajstić information content (AvgIpc) is 2.39. The van der Waals surface area contributed by atoms with Crippen molar-refractivity contribution in [3.05, 3.63) is 12.7 Å². The number of rotatable bonds is 3. The van der Waals surface area contributed by atoms with Gasteiger partial charge in [-0.15, -0.1) is 6.58 Å². The molecule has 0 saturated carbocycles. The first-order chi connectivity index (χ1) is 4.83. The Morgan fingerprint density at radius 1 is 1.70 bits per heavy atom. The molecule has 1 fully saturated rings. The molecule has 3 nitrogen and oxygen atoms in total. The lowest BCUT2D eigenvalue weighted by Gasteiger charge is -2.21. The molecule has 1 atom stereocenters. The third-order valence-electron chi connectivity index (χ3n) is 1.62. The molecule has 0 spiro atoms. The highest BCUT2D eigenvalue weighted by Gasteiger charge is 2.33. The van der Waals surface area contributed by atoms with Gasteiger partial charge in [0.05, 0.1) is 13.2 Å². The Kier molecular flexibility index (Phi) is 2.43. The van der Waals surface area contributed by atoms with Crippen molar-refractivity contribution in [2.45, 2.75) is 12.0 Å². The van der Waals surface area contributed by atoms with Crippen molar-refractivity contribution in [2.24, 2.45) is 0 Å². The Hall–Kier alpha value is -0.380. The molecule has 0 aromatic rings. The normalized spacial score (nSPS) is 32.5. The molecule has 0 aromatic heterocycles. The van der Waals surface area contributed by atoms with E-state index in [4.69, 9.17) is 14.6 Å². The molecule has 0 bridgehead atoms. The molecule has 1 N–H and O–H groups in total. The average molecular weight is 144 g/mol. The predicted molar refractivity (Wildman–Crippen MR) is 36.5 cm³/mol. The lowest BCUT2D eigenvalue weighted by Crippen LogP contribution is -2.35. The summed E-state index contributed by atoms with van der Waals surface area (Å²) in [6.07, 6.45) is 2.37. The van der Waals surface area contributed by atoms with Crippen LogP contribution in [-0.4, -0.2) is 30.7 Å². The van der Waals surface area contributed by atoms with E-state index in [-0.39, 0.29) is 13.4 Å². The van der Waals surface area contributed by atoms with Crippen LogP contribution in [0, 0.1) is 0 Å². The van der Waals surface area contributed by atoms with Gasteiger partial charge in [-0.2, -0.15) is 0 Å². The van der Waals surface area contributed by atoms with Crippen LogP contribution in [0.15, 0.2) is 12.7 Å². The predicted octanol–water partition coefficient (Wildman–Crippen LogP) is 0.298. The van der Waals surface area contributed by atoms with Crippen molar-refractivity contribution < 1.29 is 14.6 Å². The van der Waals surface area contributed by atoms with Crippen LogP contribution in [0.2, 0.25) is 0 Å². The number of hydrogen-bond acceptors (Lipinski definition) is 3. The van der Waals surface area contributed by atoms with Crippen molar-refractivity contribution >= 4 is 0 Å². The van der Waals surface area contributed by atoms with Gasteiger partial charge in [0.2, 0.25) is 0 Å². The molecule has 58 valence electrons. The SMILES string of the molecule is C=CCC1(CO)COCO1. The fourth-order valence-electron chi connectivity index (χ4n) is 0.973. The summed E-state index contributed by atoms with van der Waals surface area (Å²) in [7, 11) is 0. The number of aliphatic hydroxyl groups is 1. The van der Waals surface area contributed by atoms with Gasteiger partial charge >= 0.3 is 0 Å². The molecule has 1 heterocycles. The van der Waals surface area contributed by atoms with E-state index in [0.717, 1.165) is 0 Å². The van der Waals surface area contributed by atoms with Gasteiger partial charge in [0.15, 0.2) is 0 Å². The molecule has 0 radical (unpaired) electrons. The van der Waals surface area contributed by atoms with Crippen LogP contribution in [0.1, 0.15) is 6.42 Å². The Morgan fingerprint density at radius 2 is 2.50 bits per heavy atom. The molecule has 1 rings (SSSR count). The lowest BCUT2D eigenvalue weighted by atomic mass is 10.0. The maximum Gasteiger partial charge on any atom is 0.147 e. The summed E-state index contributed by atoms with van der Waals surface area (Å²) in [6, 6.07) is 0. The molecule has 0 amide bonds. The molecule has 1 unspecified atom stereocenters. The zero-order chi connectivity index (χ0) is 7.45. The second-order valence-electron chi connectivity index (χ2n) is 2.44. The van der Waals surface area contributed by atoms with Crippen LogP contribution in [0.25, 0.3) is 0 Å². The van der Waals surface area contributed by atoms with E-state index in [1.54, 1.807) is 6.08 Å². The standard InChI is InChI=1S/C7H12O3/c1-2-3-7(4-8)5-9-6-10-7/h2,8H,1,3-6H2. The highest BCUT2D eigenvalue weighted by Crippen LogP contribution is 2.21. The fourth-order valence-corrected chi connectivity index (χ4v) is 0.973. The third-order valence-corrected chi connectivity index (χ3v) is 1.62. The van der Waals surface area contributed by atoms with Gasteiger partial charge in [0.1, 0.15) is 12.4 Å². The van der Waals surface area contributed by atoms with Crippen molar-refractivity contribution in [3.8, 4) is 0 Å². The monoisotopic (exact) mass is 144 g/mol. The van der Waals surface area contributed by atoms with Gasteiger partial charge in [0.25, 0.3) is 0 Å². The molecule has 1 aliphatic rings. The molecule has 0 aromatic carbocycles. The smallest absolute Gasteiger partial charge is 0.147 e. The first-order valence-corrected chi connectivity index (χ1v) is 3.26. The Morgan fingerprint density at radius 3 is 2.90 bits per heavy atom. The first-order valence-electron chi connectivity index (χ1n) is 3.26. The van der Waals surface area contributed by atoms with E-state index in [1.807, 2.05) is 0 Å². The highest BCUT2D eigenvalue weighted by atomic mass is 16.7. The summed E-state index contributed by atoms with van der Waals surface area (Å²) in [4.78, 5) is 0. The third kappa shape index (κ3) is 1.37. The minimum Gasteiger partial charge on any atom is -0.393 e. The molecule has 10 heavy (non-hydrogen) atoms. The molecular weight excluding hydrogens is 132 g/mol. The van der Waals surface area contributed by atoms with Crippen LogP contribution < -0.4 is 0 Å².